The van der Waals surface area contributed by atoms with E-state index in [2.05, 4.69) is 20.0 Å². The summed E-state index contributed by atoms with van der Waals surface area (Å²) in [6.45, 7) is 2.74. The van der Waals surface area contributed by atoms with E-state index in [4.69, 9.17) is 4.52 Å². The summed E-state index contributed by atoms with van der Waals surface area (Å²) in [6.07, 6.45) is 1.79. The third kappa shape index (κ3) is 3.90. The molecule has 0 saturated carbocycles. The van der Waals surface area contributed by atoms with Gasteiger partial charge in [-0.15, -0.1) is 0 Å². The second-order valence-corrected chi connectivity index (χ2v) is 7.30. The molecule has 0 unspecified atom stereocenters. The van der Waals surface area contributed by atoms with Crippen LogP contribution in [0, 0.1) is 0 Å². The van der Waals surface area contributed by atoms with Crippen LogP contribution in [0.5, 0.6) is 0 Å². The quantitative estimate of drug-likeness (QED) is 0.509. The monoisotopic (exact) mass is 411 g/mol. The van der Waals surface area contributed by atoms with Crippen LogP contribution < -0.4 is 4.90 Å². The largest absolute Gasteiger partial charge is 0.353 e. The van der Waals surface area contributed by atoms with E-state index in [-0.39, 0.29) is 5.91 Å². The maximum absolute atomic E-state index is 13.3. The molecule has 1 amide bonds. The van der Waals surface area contributed by atoms with Crippen molar-refractivity contribution in [2.45, 2.75) is 0 Å². The van der Waals surface area contributed by atoms with Crippen LogP contribution in [0.2, 0.25) is 0 Å². The standard InChI is InChI=1S/C24H21N5O2/c30-24(29-16-14-28(15-17-29)21-12-6-7-13-25-21)20-11-5-4-10-19(20)23-26-22(27-31-23)18-8-2-1-3-9-18/h1-13H,14-17H2. The Morgan fingerprint density at radius 3 is 2.35 bits per heavy atom. The lowest BCUT2D eigenvalue weighted by atomic mass is 10.1. The van der Waals surface area contributed by atoms with Crippen molar-refractivity contribution in [3.8, 4) is 22.8 Å². The molecule has 2 aromatic carbocycles. The van der Waals surface area contributed by atoms with Gasteiger partial charge < -0.3 is 14.3 Å². The summed E-state index contributed by atoms with van der Waals surface area (Å²) < 4.78 is 5.51. The maximum Gasteiger partial charge on any atom is 0.259 e. The van der Waals surface area contributed by atoms with Crippen molar-refractivity contribution < 1.29 is 9.32 Å². The Bertz CT molecular complexity index is 1170. The molecule has 0 atom stereocenters. The second-order valence-electron chi connectivity index (χ2n) is 7.30. The number of carbonyl (C=O) groups excluding carboxylic acids is 1. The Kier molecular flexibility index (Phi) is 5.14. The number of carbonyl (C=O) groups is 1. The topological polar surface area (TPSA) is 75.4 Å². The van der Waals surface area contributed by atoms with Gasteiger partial charge in [-0.2, -0.15) is 4.98 Å². The molecule has 31 heavy (non-hydrogen) atoms. The number of amides is 1. The van der Waals surface area contributed by atoms with Crippen LogP contribution in [0.25, 0.3) is 22.8 Å². The van der Waals surface area contributed by atoms with Crippen molar-refractivity contribution >= 4 is 11.7 Å². The highest BCUT2D eigenvalue weighted by Crippen LogP contribution is 2.26. The Labute approximate surface area is 180 Å². The summed E-state index contributed by atoms with van der Waals surface area (Å²) in [4.78, 5) is 26.3. The van der Waals surface area contributed by atoms with Gasteiger partial charge in [-0.25, -0.2) is 4.98 Å². The van der Waals surface area contributed by atoms with Crippen LogP contribution in [-0.4, -0.2) is 52.1 Å². The first-order chi connectivity index (χ1) is 15.3. The van der Waals surface area contributed by atoms with Crippen molar-refractivity contribution in [1.29, 1.82) is 0 Å². The van der Waals surface area contributed by atoms with E-state index in [1.807, 2.05) is 77.7 Å². The Hall–Kier alpha value is -4.00. The van der Waals surface area contributed by atoms with E-state index in [0.717, 1.165) is 24.5 Å². The molecule has 0 aliphatic carbocycles. The van der Waals surface area contributed by atoms with Gasteiger partial charge in [0.25, 0.3) is 11.8 Å². The number of aromatic nitrogens is 3. The molecule has 3 heterocycles. The van der Waals surface area contributed by atoms with Crippen LogP contribution in [0.4, 0.5) is 5.82 Å². The molecule has 1 aliphatic rings. The molecule has 1 fully saturated rings. The fourth-order valence-corrected chi connectivity index (χ4v) is 3.74. The average molecular weight is 411 g/mol. The summed E-state index contributed by atoms with van der Waals surface area (Å²) in [7, 11) is 0. The first-order valence-corrected chi connectivity index (χ1v) is 10.2. The highest BCUT2D eigenvalue weighted by Gasteiger charge is 2.26. The fourth-order valence-electron chi connectivity index (χ4n) is 3.74. The van der Waals surface area contributed by atoms with Crippen LogP contribution in [0.1, 0.15) is 10.4 Å². The Morgan fingerprint density at radius 2 is 1.58 bits per heavy atom. The second kappa shape index (κ2) is 8.39. The van der Waals surface area contributed by atoms with Gasteiger partial charge in [0.2, 0.25) is 5.82 Å². The molecular formula is C24H21N5O2. The molecule has 1 saturated heterocycles. The van der Waals surface area contributed by atoms with E-state index in [9.17, 15) is 4.79 Å². The van der Waals surface area contributed by atoms with Crippen molar-refractivity contribution in [2.75, 3.05) is 31.1 Å². The minimum Gasteiger partial charge on any atom is -0.353 e. The van der Waals surface area contributed by atoms with Crippen LogP contribution in [0.15, 0.2) is 83.5 Å². The van der Waals surface area contributed by atoms with Crippen molar-refractivity contribution in [1.82, 2.24) is 20.0 Å². The van der Waals surface area contributed by atoms with Crippen LogP contribution in [0.3, 0.4) is 0 Å². The van der Waals surface area contributed by atoms with E-state index < -0.39 is 0 Å². The van der Waals surface area contributed by atoms with E-state index in [1.54, 1.807) is 6.20 Å². The zero-order chi connectivity index (χ0) is 21.0. The number of hydrogen-bond acceptors (Lipinski definition) is 6. The summed E-state index contributed by atoms with van der Waals surface area (Å²) >= 11 is 0. The van der Waals surface area contributed by atoms with Gasteiger partial charge in [0.15, 0.2) is 0 Å². The number of hydrogen-bond donors (Lipinski definition) is 0. The summed E-state index contributed by atoms with van der Waals surface area (Å²) in [5, 5.41) is 4.09. The van der Waals surface area contributed by atoms with Gasteiger partial charge in [-0.3, -0.25) is 4.79 Å². The van der Waals surface area contributed by atoms with E-state index in [1.165, 1.54) is 0 Å². The third-order valence-electron chi connectivity index (χ3n) is 5.39. The summed E-state index contributed by atoms with van der Waals surface area (Å²) in [6, 6.07) is 22.9. The van der Waals surface area contributed by atoms with Gasteiger partial charge in [0, 0.05) is 37.9 Å². The first kappa shape index (κ1) is 19.0. The van der Waals surface area contributed by atoms with Gasteiger partial charge in [0.05, 0.1) is 11.1 Å². The molecule has 0 radical (unpaired) electrons. The molecular weight excluding hydrogens is 390 g/mol. The lowest BCUT2D eigenvalue weighted by Crippen LogP contribution is -2.49. The van der Waals surface area contributed by atoms with E-state index in [0.29, 0.717) is 35.9 Å². The Balaban J connectivity index is 1.35. The highest BCUT2D eigenvalue weighted by molar-refractivity contribution is 6.00. The Morgan fingerprint density at radius 1 is 0.839 bits per heavy atom. The lowest BCUT2D eigenvalue weighted by molar-refractivity contribution is 0.0747. The molecule has 154 valence electrons. The average Bonchev–Trinajstić information content (AvgIpc) is 3.35. The fraction of sp³-hybridized carbons (Fsp3) is 0.167. The third-order valence-corrected chi connectivity index (χ3v) is 5.39. The predicted molar refractivity (Wildman–Crippen MR) is 118 cm³/mol. The van der Waals surface area contributed by atoms with Crippen molar-refractivity contribution in [2.24, 2.45) is 0 Å². The van der Waals surface area contributed by atoms with Crippen molar-refractivity contribution in [3.63, 3.8) is 0 Å². The molecule has 4 aromatic rings. The molecule has 5 rings (SSSR count). The molecule has 0 spiro atoms. The molecule has 2 aromatic heterocycles. The smallest absolute Gasteiger partial charge is 0.259 e. The number of anilines is 1. The van der Waals surface area contributed by atoms with Gasteiger partial charge in [-0.1, -0.05) is 53.7 Å². The SMILES string of the molecule is O=C(c1ccccc1-c1nc(-c2ccccc2)no1)N1CCN(c2ccccn2)CC1. The van der Waals surface area contributed by atoms with Crippen molar-refractivity contribution in [3.05, 3.63) is 84.6 Å². The summed E-state index contributed by atoms with van der Waals surface area (Å²) in [5.41, 5.74) is 2.08. The number of piperazine rings is 1. The van der Waals surface area contributed by atoms with Crippen LogP contribution in [-0.2, 0) is 0 Å². The first-order valence-electron chi connectivity index (χ1n) is 10.2. The molecule has 7 heteroatoms. The van der Waals surface area contributed by atoms with E-state index >= 15 is 0 Å². The molecule has 0 bridgehead atoms. The van der Waals surface area contributed by atoms with Crippen LogP contribution >= 0.6 is 0 Å². The predicted octanol–water partition coefficient (Wildman–Crippen LogP) is 3.76. The number of nitrogens with zero attached hydrogens (tertiary/aromatic N) is 5. The normalized spacial score (nSPS) is 13.9. The van der Waals surface area contributed by atoms with Gasteiger partial charge in [0.1, 0.15) is 5.82 Å². The zero-order valence-electron chi connectivity index (χ0n) is 16.9. The number of pyridine rings is 1. The zero-order valence-corrected chi connectivity index (χ0v) is 16.9. The molecule has 7 nitrogen and oxygen atoms in total. The van der Waals surface area contributed by atoms with Gasteiger partial charge >= 0.3 is 0 Å². The maximum atomic E-state index is 13.3. The summed E-state index contributed by atoms with van der Waals surface area (Å²) in [5.74, 6) is 1.75. The van der Waals surface area contributed by atoms with Gasteiger partial charge in [-0.05, 0) is 24.3 Å². The minimum absolute atomic E-state index is 0.0317. The minimum atomic E-state index is -0.0317. The number of rotatable bonds is 4. The highest BCUT2D eigenvalue weighted by atomic mass is 16.5. The lowest BCUT2D eigenvalue weighted by Gasteiger charge is -2.35. The molecule has 0 N–H and O–H groups in total. The molecule has 1 aliphatic heterocycles. The number of benzene rings is 2.